The number of esters is 1. The van der Waals surface area contributed by atoms with E-state index in [-0.39, 0.29) is 0 Å². The number of hydrogen-bond donors (Lipinski definition) is 3. The molecule has 2 aromatic rings. The highest BCUT2D eigenvalue weighted by Crippen LogP contribution is 2.25. The van der Waals surface area contributed by atoms with Crippen LogP contribution in [0, 0.1) is 5.41 Å². The molecule has 1 aliphatic carbocycles. The van der Waals surface area contributed by atoms with Gasteiger partial charge in [0.25, 0.3) is 0 Å². The van der Waals surface area contributed by atoms with Crippen molar-refractivity contribution in [3.05, 3.63) is 47.2 Å². The molecule has 3 rings (SSSR count). The summed E-state index contributed by atoms with van der Waals surface area (Å²) in [6.07, 6.45) is 8.62. The van der Waals surface area contributed by atoms with Crippen molar-refractivity contribution in [2.24, 2.45) is 0 Å². The fourth-order valence-electron chi connectivity index (χ4n) is 3.48. The summed E-state index contributed by atoms with van der Waals surface area (Å²) < 4.78 is 4.74. The lowest BCUT2D eigenvalue weighted by Crippen LogP contribution is -2.25. The molecule has 1 heterocycles. The van der Waals surface area contributed by atoms with Crippen molar-refractivity contribution in [2.75, 3.05) is 24.3 Å². The van der Waals surface area contributed by atoms with Crippen LogP contribution >= 0.6 is 0 Å². The molecule has 1 aromatic carbocycles. The van der Waals surface area contributed by atoms with E-state index in [0.717, 1.165) is 25.8 Å². The van der Waals surface area contributed by atoms with Crippen molar-refractivity contribution >= 4 is 23.4 Å². The minimum Gasteiger partial charge on any atom is -0.465 e. The van der Waals surface area contributed by atoms with Crippen LogP contribution in [0.4, 0.5) is 11.8 Å². The molecule has 0 amide bonds. The number of ether oxygens (including phenoxy) is 1. The second kappa shape index (κ2) is 10.0. The van der Waals surface area contributed by atoms with Crippen LogP contribution in [0.1, 0.15) is 66.9 Å². The number of benzene rings is 1. The standard InChI is InChI=1S/C22H29N5O2/c1-3-13-24-22-25-14-18(20(27-22)26-17-7-5-4-6-8-17)19(23)15-9-11-16(12-10-15)21(28)29-2/h9-12,14,17,23H,3-8,13H2,1-2H3,(H2,24,25,26,27). The summed E-state index contributed by atoms with van der Waals surface area (Å²) in [5.74, 6) is 0.868. The molecule has 154 valence electrons. The fraction of sp³-hybridized carbons (Fsp3) is 0.455. The van der Waals surface area contributed by atoms with E-state index in [4.69, 9.17) is 10.1 Å². The van der Waals surface area contributed by atoms with Crippen LogP contribution in [0.2, 0.25) is 0 Å². The highest BCUT2D eigenvalue weighted by atomic mass is 16.5. The van der Waals surface area contributed by atoms with Crippen molar-refractivity contribution in [3.63, 3.8) is 0 Å². The van der Waals surface area contributed by atoms with Gasteiger partial charge in [0.15, 0.2) is 0 Å². The third-order valence-corrected chi connectivity index (χ3v) is 5.13. The summed E-state index contributed by atoms with van der Waals surface area (Å²) in [6.45, 7) is 2.89. The van der Waals surface area contributed by atoms with Crippen LogP contribution < -0.4 is 10.6 Å². The van der Waals surface area contributed by atoms with Gasteiger partial charge in [-0.05, 0) is 31.4 Å². The van der Waals surface area contributed by atoms with Crippen molar-refractivity contribution in [1.82, 2.24) is 9.97 Å². The van der Waals surface area contributed by atoms with E-state index in [9.17, 15) is 4.79 Å². The first-order chi connectivity index (χ1) is 14.1. The second-order valence-corrected chi connectivity index (χ2v) is 7.31. The van der Waals surface area contributed by atoms with Gasteiger partial charge in [0, 0.05) is 24.3 Å². The largest absolute Gasteiger partial charge is 0.465 e. The van der Waals surface area contributed by atoms with E-state index in [1.807, 2.05) is 0 Å². The summed E-state index contributed by atoms with van der Waals surface area (Å²) in [6, 6.07) is 7.21. The van der Waals surface area contributed by atoms with Gasteiger partial charge in [-0.25, -0.2) is 9.78 Å². The number of carbonyl (C=O) groups excluding carboxylic acids is 1. The molecular weight excluding hydrogens is 366 g/mol. The van der Waals surface area contributed by atoms with E-state index in [2.05, 4.69) is 27.5 Å². The SMILES string of the molecule is CCCNc1ncc(C(=N)c2ccc(C(=O)OC)cc2)c(NC2CCCCC2)n1. The number of hydrogen-bond acceptors (Lipinski definition) is 7. The molecule has 29 heavy (non-hydrogen) atoms. The number of rotatable bonds is 8. The second-order valence-electron chi connectivity index (χ2n) is 7.31. The van der Waals surface area contributed by atoms with Crippen molar-refractivity contribution in [1.29, 1.82) is 5.41 Å². The van der Waals surface area contributed by atoms with Gasteiger partial charge < -0.3 is 15.4 Å². The van der Waals surface area contributed by atoms with Crippen LogP contribution in [-0.4, -0.2) is 41.3 Å². The topological polar surface area (TPSA) is 100.0 Å². The van der Waals surface area contributed by atoms with Gasteiger partial charge in [0.1, 0.15) is 5.82 Å². The van der Waals surface area contributed by atoms with E-state index >= 15 is 0 Å². The summed E-state index contributed by atoms with van der Waals surface area (Å²) in [4.78, 5) is 20.7. The Labute approximate surface area is 171 Å². The maximum absolute atomic E-state index is 11.7. The van der Waals surface area contributed by atoms with Crippen molar-refractivity contribution in [3.8, 4) is 0 Å². The maximum Gasteiger partial charge on any atom is 0.337 e. The van der Waals surface area contributed by atoms with Gasteiger partial charge in [0.2, 0.25) is 5.95 Å². The van der Waals surface area contributed by atoms with Gasteiger partial charge >= 0.3 is 5.97 Å². The predicted octanol–water partition coefficient (Wildman–Crippen LogP) is 4.25. The maximum atomic E-state index is 11.7. The smallest absolute Gasteiger partial charge is 0.337 e. The van der Waals surface area contributed by atoms with Crippen molar-refractivity contribution < 1.29 is 9.53 Å². The Morgan fingerprint density at radius 2 is 1.86 bits per heavy atom. The highest BCUT2D eigenvalue weighted by Gasteiger charge is 2.19. The monoisotopic (exact) mass is 395 g/mol. The fourth-order valence-corrected chi connectivity index (χ4v) is 3.48. The van der Waals surface area contributed by atoms with Gasteiger partial charge in [-0.15, -0.1) is 0 Å². The number of nitrogens with zero attached hydrogens (tertiary/aromatic N) is 2. The molecule has 0 aliphatic heterocycles. The minimum absolute atomic E-state index is 0.321. The quantitative estimate of drug-likeness (QED) is 0.456. The molecular formula is C22H29N5O2. The number of nitrogens with one attached hydrogen (secondary N) is 3. The Bertz CT molecular complexity index is 845. The predicted molar refractivity (Wildman–Crippen MR) is 115 cm³/mol. The first kappa shape index (κ1) is 20.8. The Kier molecular flexibility index (Phi) is 7.16. The van der Waals surface area contributed by atoms with Crippen molar-refractivity contribution in [2.45, 2.75) is 51.5 Å². The van der Waals surface area contributed by atoms with Gasteiger partial charge in [-0.1, -0.05) is 38.3 Å². The molecule has 0 atom stereocenters. The van der Waals surface area contributed by atoms with Crippen LogP contribution in [-0.2, 0) is 4.74 Å². The lowest BCUT2D eigenvalue weighted by molar-refractivity contribution is 0.0600. The first-order valence-electron chi connectivity index (χ1n) is 10.3. The minimum atomic E-state index is -0.391. The number of aromatic nitrogens is 2. The average Bonchev–Trinajstić information content (AvgIpc) is 2.77. The molecule has 0 bridgehead atoms. The number of methoxy groups -OCH3 is 1. The average molecular weight is 396 g/mol. The van der Waals surface area contributed by atoms with E-state index in [1.54, 1.807) is 30.5 Å². The Hall–Kier alpha value is -2.96. The third-order valence-electron chi connectivity index (χ3n) is 5.13. The third kappa shape index (κ3) is 5.31. The molecule has 0 radical (unpaired) electrons. The number of carbonyl (C=O) groups is 1. The zero-order chi connectivity index (χ0) is 20.6. The van der Waals surface area contributed by atoms with Gasteiger partial charge in [-0.3, -0.25) is 5.41 Å². The first-order valence-corrected chi connectivity index (χ1v) is 10.3. The van der Waals surface area contributed by atoms with Gasteiger partial charge in [0.05, 0.1) is 23.9 Å². The molecule has 0 saturated heterocycles. The number of anilines is 2. The molecule has 0 spiro atoms. The lowest BCUT2D eigenvalue weighted by atomic mass is 9.95. The summed E-state index contributed by atoms with van der Waals surface area (Å²) >= 11 is 0. The van der Waals surface area contributed by atoms with E-state index in [0.29, 0.717) is 40.2 Å². The molecule has 1 aromatic heterocycles. The molecule has 1 aliphatic rings. The molecule has 0 unspecified atom stereocenters. The molecule has 1 saturated carbocycles. The molecule has 1 fully saturated rings. The Morgan fingerprint density at radius 3 is 2.52 bits per heavy atom. The van der Waals surface area contributed by atoms with Crippen LogP contribution in [0.25, 0.3) is 0 Å². The van der Waals surface area contributed by atoms with Crippen LogP contribution in [0.5, 0.6) is 0 Å². The normalized spacial score (nSPS) is 14.3. The summed E-state index contributed by atoms with van der Waals surface area (Å²) in [7, 11) is 1.35. The Morgan fingerprint density at radius 1 is 1.17 bits per heavy atom. The lowest BCUT2D eigenvalue weighted by Gasteiger charge is -2.24. The van der Waals surface area contributed by atoms with Crippen LogP contribution in [0.3, 0.4) is 0 Å². The van der Waals surface area contributed by atoms with E-state index < -0.39 is 5.97 Å². The van der Waals surface area contributed by atoms with Crippen LogP contribution in [0.15, 0.2) is 30.5 Å². The zero-order valence-electron chi connectivity index (χ0n) is 17.1. The molecule has 3 N–H and O–H groups in total. The summed E-state index contributed by atoms with van der Waals surface area (Å²) in [5, 5.41) is 15.5. The molecule has 7 nitrogen and oxygen atoms in total. The summed E-state index contributed by atoms with van der Waals surface area (Å²) in [5.41, 5.74) is 2.13. The molecule has 7 heteroatoms. The van der Waals surface area contributed by atoms with E-state index in [1.165, 1.54) is 26.4 Å². The zero-order valence-corrected chi connectivity index (χ0v) is 17.1. The highest BCUT2D eigenvalue weighted by molar-refractivity contribution is 6.13. The van der Waals surface area contributed by atoms with Gasteiger partial charge in [-0.2, -0.15) is 4.98 Å². The Balaban J connectivity index is 1.87.